The molecule has 5 heteroatoms. The van der Waals surface area contributed by atoms with Crippen LogP contribution in [0, 0.1) is 0 Å². The molecule has 1 aliphatic rings. The van der Waals surface area contributed by atoms with Gasteiger partial charge in [0.15, 0.2) is 5.78 Å². The Morgan fingerprint density at radius 2 is 1.73 bits per heavy atom. The van der Waals surface area contributed by atoms with E-state index >= 15 is 0 Å². The van der Waals surface area contributed by atoms with Gasteiger partial charge >= 0.3 is 0 Å². The number of Topliss-reactive ketones (excluding diaryl/α,β-unsaturated/α-hetero) is 1. The summed E-state index contributed by atoms with van der Waals surface area (Å²) >= 11 is 11.9. The quantitative estimate of drug-likeness (QED) is 0.729. The number of hydrogen-bond acceptors (Lipinski definition) is 3. The monoisotopic (exact) mass is 391 g/mol. The van der Waals surface area contributed by atoms with Crippen molar-refractivity contribution in [2.75, 3.05) is 19.6 Å². The van der Waals surface area contributed by atoms with Gasteiger partial charge in [-0.1, -0.05) is 53.5 Å². The highest BCUT2D eigenvalue weighted by molar-refractivity contribution is 6.42. The van der Waals surface area contributed by atoms with Crippen LogP contribution in [-0.2, 0) is 6.42 Å². The first kappa shape index (κ1) is 19.4. The van der Waals surface area contributed by atoms with Crippen LogP contribution in [0.15, 0.2) is 48.5 Å². The fraction of sp³-hybridized carbons (Fsp3) is 0.381. The molecule has 0 atom stereocenters. The van der Waals surface area contributed by atoms with E-state index in [0.29, 0.717) is 35.0 Å². The molecular weight excluding hydrogens is 369 g/mol. The third kappa shape index (κ3) is 5.08. The Hall–Kier alpha value is -1.39. The molecule has 3 nitrogen and oxygen atoms in total. The SMILES string of the molecule is O=C(CCN1CCC(O)(Cc2ccccc2)CC1)c1ccc(Cl)c(Cl)c1. The number of halogens is 2. The maximum Gasteiger partial charge on any atom is 0.164 e. The maximum absolute atomic E-state index is 12.3. The lowest BCUT2D eigenvalue weighted by Gasteiger charge is -2.38. The van der Waals surface area contributed by atoms with Crippen LogP contribution in [0.25, 0.3) is 0 Å². The Bertz CT molecular complexity index is 756. The van der Waals surface area contributed by atoms with Crippen LogP contribution in [0.1, 0.15) is 35.2 Å². The lowest BCUT2D eigenvalue weighted by molar-refractivity contribution is -0.0203. The van der Waals surface area contributed by atoms with E-state index in [1.807, 2.05) is 18.2 Å². The summed E-state index contributed by atoms with van der Waals surface area (Å²) in [7, 11) is 0. The topological polar surface area (TPSA) is 40.5 Å². The molecule has 0 radical (unpaired) electrons. The Morgan fingerprint density at radius 1 is 1.04 bits per heavy atom. The van der Waals surface area contributed by atoms with Crippen LogP contribution in [0.2, 0.25) is 10.0 Å². The number of carbonyl (C=O) groups is 1. The van der Waals surface area contributed by atoms with Crippen molar-refractivity contribution in [1.82, 2.24) is 4.90 Å². The first-order valence-corrected chi connectivity index (χ1v) is 9.68. The second-order valence-electron chi connectivity index (χ2n) is 7.03. The molecule has 0 bridgehead atoms. The molecule has 0 saturated carbocycles. The van der Waals surface area contributed by atoms with Gasteiger partial charge in [0, 0.05) is 38.0 Å². The Morgan fingerprint density at radius 3 is 2.38 bits per heavy atom. The highest BCUT2D eigenvalue weighted by Gasteiger charge is 2.32. The van der Waals surface area contributed by atoms with Gasteiger partial charge in [-0.25, -0.2) is 0 Å². The zero-order valence-corrected chi connectivity index (χ0v) is 16.1. The van der Waals surface area contributed by atoms with E-state index in [1.54, 1.807) is 18.2 Å². The minimum Gasteiger partial charge on any atom is -0.389 e. The van der Waals surface area contributed by atoms with Crippen molar-refractivity contribution in [2.45, 2.75) is 31.3 Å². The van der Waals surface area contributed by atoms with Crippen LogP contribution in [0.5, 0.6) is 0 Å². The zero-order valence-electron chi connectivity index (χ0n) is 14.6. The number of piperidine rings is 1. The molecule has 0 unspecified atom stereocenters. The van der Waals surface area contributed by atoms with E-state index in [-0.39, 0.29) is 5.78 Å². The van der Waals surface area contributed by atoms with Gasteiger partial charge in [-0.15, -0.1) is 0 Å². The Labute approximate surface area is 164 Å². The smallest absolute Gasteiger partial charge is 0.164 e. The average Bonchev–Trinajstić information content (AvgIpc) is 2.64. The van der Waals surface area contributed by atoms with Crippen molar-refractivity contribution in [1.29, 1.82) is 0 Å². The lowest BCUT2D eigenvalue weighted by Crippen LogP contribution is -2.46. The molecule has 0 aliphatic carbocycles. The molecule has 0 spiro atoms. The van der Waals surface area contributed by atoms with Gasteiger partial charge in [0.25, 0.3) is 0 Å². The second kappa shape index (κ2) is 8.53. The fourth-order valence-corrected chi connectivity index (χ4v) is 3.72. The van der Waals surface area contributed by atoms with E-state index in [2.05, 4.69) is 17.0 Å². The van der Waals surface area contributed by atoms with Gasteiger partial charge in [-0.05, 0) is 36.6 Å². The number of carbonyl (C=O) groups excluding carboxylic acids is 1. The van der Waals surface area contributed by atoms with Gasteiger partial charge < -0.3 is 10.0 Å². The van der Waals surface area contributed by atoms with Crippen LogP contribution >= 0.6 is 23.2 Å². The van der Waals surface area contributed by atoms with Gasteiger partial charge in [-0.2, -0.15) is 0 Å². The number of rotatable bonds is 6. The molecule has 26 heavy (non-hydrogen) atoms. The summed E-state index contributed by atoms with van der Waals surface area (Å²) in [6, 6.07) is 15.1. The normalized spacial score (nSPS) is 17.2. The molecule has 1 fully saturated rings. The number of nitrogens with zero attached hydrogens (tertiary/aromatic N) is 1. The molecule has 0 aromatic heterocycles. The minimum absolute atomic E-state index is 0.0636. The largest absolute Gasteiger partial charge is 0.389 e. The van der Waals surface area contributed by atoms with Gasteiger partial charge in [0.1, 0.15) is 0 Å². The number of benzene rings is 2. The third-order valence-electron chi connectivity index (χ3n) is 5.06. The average molecular weight is 392 g/mol. The third-order valence-corrected chi connectivity index (χ3v) is 5.80. The van der Waals surface area contributed by atoms with Crippen molar-refractivity contribution in [2.24, 2.45) is 0 Å². The van der Waals surface area contributed by atoms with Gasteiger partial charge in [-0.3, -0.25) is 4.79 Å². The molecule has 1 N–H and O–H groups in total. The Balaban J connectivity index is 1.48. The number of likely N-dealkylation sites (tertiary alicyclic amines) is 1. The molecule has 1 heterocycles. The predicted octanol–water partition coefficient (Wildman–Crippen LogP) is 4.64. The van der Waals surface area contributed by atoms with E-state index in [1.165, 1.54) is 5.56 Å². The van der Waals surface area contributed by atoms with E-state index in [9.17, 15) is 9.90 Å². The minimum atomic E-state index is -0.647. The van der Waals surface area contributed by atoms with Crippen molar-refractivity contribution in [3.8, 4) is 0 Å². The van der Waals surface area contributed by atoms with Crippen LogP contribution in [0.4, 0.5) is 0 Å². The molecule has 2 aromatic rings. The molecular formula is C21H23Cl2NO2. The van der Waals surface area contributed by atoms with Crippen molar-refractivity contribution >= 4 is 29.0 Å². The number of hydrogen-bond donors (Lipinski definition) is 1. The summed E-state index contributed by atoms with van der Waals surface area (Å²) in [5.74, 6) is 0.0636. The predicted molar refractivity (Wildman–Crippen MR) is 106 cm³/mol. The van der Waals surface area contributed by atoms with E-state index in [4.69, 9.17) is 23.2 Å². The standard InChI is InChI=1S/C21H23Cl2NO2/c22-18-7-6-17(14-19(18)23)20(25)8-11-24-12-9-21(26,10-13-24)15-16-4-2-1-3-5-16/h1-7,14,26H,8-13,15H2. The van der Waals surface area contributed by atoms with Crippen LogP contribution in [-0.4, -0.2) is 41.0 Å². The van der Waals surface area contributed by atoms with Crippen LogP contribution in [0.3, 0.4) is 0 Å². The lowest BCUT2D eigenvalue weighted by atomic mass is 9.85. The van der Waals surface area contributed by atoms with Gasteiger partial charge in [0.05, 0.1) is 15.6 Å². The maximum atomic E-state index is 12.3. The Kier molecular flexibility index (Phi) is 6.36. The van der Waals surface area contributed by atoms with Crippen molar-refractivity contribution in [3.63, 3.8) is 0 Å². The molecule has 3 rings (SSSR count). The summed E-state index contributed by atoms with van der Waals surface area (Å²) in [5.41, 5.74) is 1.11. The molecule has 1 saturated heterocycles. The highest BCUT2D eigenvalue weighted by Crippen LogP contribution is 2.27. The summed E-state index contributed by atoms with van der Waals surface area (Å²) in [6.07, 6.45) is 2.57. The molecule has 138 valence electrons. The van der Waals surface area contributed by atoms with Gasteiger partial charge in [0.2, 0.25) is 0 Å². The zero-order chi connectivity index (χ0) is 18.6. The molecule has 2 aromatic carbocycles. The summed E-state index contributed by atoms with van der Waals surface area (Å²) in [5, 5.41) is 11.7. The molecule has 1 aliphatic heterocycles. The second-order valence-corrected chi connectivity index (χ2v) is 7.84. The van der Waals surface area contributed by atoms with Crippen molar-refractivity contribution in [3.05, 3.63) is 69.7 Å². The first-order valence-electron chi connectivity index (χ1n) is 8.92. The van der Waals surface area contributed by atoms with E-state index < -0.39 is 5.60 Å². The number of aliphatic hydroxyl groups is 1. The summed E-state index contributed by atoms with van der Waals surface area (Å²) in [6.45, 7) is 2.30. The van der Waals surface area contributed by atoms with Crippen LogP contribution < -0.4 is 0 Å². The first-order chi connectivity index (χ1) is 12.5. The molecule has 0 amide bonds. The summed E-state index contributed by atoms with van der Waals surface area (Å²) < 4.78 is 0. The summed E-state index contributed by atoms with van der Waals surface area (Å²) in [4.78, 5) is 14.6. The van der Waals surface area contributed by atoms with Crippen molar-refractivity contribution < 1.29 is 9.90 Å². The fourth-order valence-electron chi connectivity index (χ4n) is 3.42. The number of ketones is 1. The highest BCUT2D eigenvalue weighted by atomic mass is 35.5. The van der Waals surface area contributed by atoms with E-state index in [0.717, 1.165) is 25.9 Å².